The van der Waals surface area contributed by atoms with Crippen molar-refractivity contribution in [1.29, 1.82) is 0 Å². The van der Waals surface area contributed by atoms with Crippen molar-refractivity contribution in [2.45, 2.75) is 44.8 Å². The first-order valence-corrected chi connectivity index (χ1v) is 12.6. The number of carbonyl (C=O) groups excluding carboxylic acids is 3. The Balaban J connectivity index is 1.58. The third-order valence-corrected chi connectivity index (χ3v) is 7.99. The van der Waals surface area contributed by atoms with Crippen molar-refractivity contribution in [3.63, 3.8) is 0 Å². The number of ether oxygens (including phenoxy) is 1. The third kappa shape index (κ3) is 4.17. The van der Waals surface area contributed by atoms with E-state index in [0.29, 0.717) is 53.8 Å². The molecule has 3 aliphatic rings. The Hall–Kier alpha value is -3.72. The van der Waals surface area contributed by atoms with E-state index < -0.39 is 35.7 Å². The first kappa shape index (κ1) is 25.0. The molecule has 3 amide bonds. The standard InChI is InChI=1S/C28H30N2O7/c1-37-24-17(15-31)11-10-16-12-13-29(25(32)20-8-4-5-9-21(20)28(35)36)22(23(16)24)14-30-26(33)18-6-2-3-7-19(18)27(30)34/h2-3,6-7,10-11,20-22,31H,4-5,8-9,12-15H2,1H3,(H,35,36). The maximum atomic E-state index is 14.0. The molecule has 1 fully saturated rings. The molecule has 2 aliphatic heterocycles. The van der Waals surface area contributed by atoms with Crippen LogP contribution < -0.4 is 4.74 Å². The van der Waals surface area contributed by atoms with Crippen LogP contribution in [0.3, 0.4) is 0 Å². The minimum Gasteiger partial charge on any atom is -0.496 e. The highest BCUT2D eigenvalue weighted by Gasteiger charge is 2.45. The van der Waals surface area contributed by atoms with E-state index >= 15 is 0 Å². The van der Waals surface area contributed by atoms with Crippen LogP contribution in [0.1, 0.15) is 69.1 Å². The average molecular weight is 507 g/mol. The molecule has 1 saturated carbocycles. The lowest BCUT2D eigenvalue weighted by Crippen LogP contribution is -2.50. The van der Waals surface area contributed by atoms with Gasteiger partial charge in [0, 0.05) is 17.7 Å². The number of imide groups is 1. The number of aliphatic hydroxyl groups excluding tert-OH is 1. The number of rotatable bonds is 6. The van der Waals surface area contributed by atoms with Crippen molar-refractivity contribution in [3.05, 3.63) is 64.2 Å². The van der Waals surface area contributed by atoms with E-state index in [2.05, 4.69) is 0 Å². The van der Waals surface area contributed by atoms with Crippen molar-refractivity contribution in [2.24, 2.45) is 11.8 Å². The molecular formula is C28H30N2O7. The van der Waals surface area contributed by atoms with Crippen LogP contribution in [0.5, 0.6) is 5.75 Å². The quantitative estimate of drug-likeness (QED) is 0.577. The van der Waals surface area contributed by atoms with Crippen molar-refractivity contribution in [3.8, 4) is 5.75 Å². The summed E-state index contributed by atoms with van der Waals surface area (Å²) in [4.78, 5) is 55.2. The molecule has 2 heterocycles. The topological polar surface area (TPSA) is 124 Å². The fourth-order valence-electron chi connectivity index (χ4n) is 6.15. The number of hydrogen-bond donors (Lipinski definition) is 2. The molecule has 3 atom stereocenters. The summed E-state index contributed by atoms with van der Waals surface area (Å²) in [5.74, 6) is -3.16. The number of carboxylic acid groups (broad SMARTS) is 1. The van der Waals surface area contributed by atoms with Crippen LogP contribution in [-0.4, -0.2) is 63.9 Å². The number of hydrogen-bond acceptors (Lipinski definition) is 6. The summed E-state index contributed by atoms with van der Waals surface area (Å²) >= 11 is 0. The van der Waals surface area contributed by atoms with Crippen LogP contribution in [0, 0.1) is 11.8 Å². The number of carboxylic acids is 1. The van der Waals surface area contributed by atoms with Crippen LogP contribution in [0.2, 0.25) is 0 Å². The van der Waals surface area contributed by atoms with Crippen molar-refractivity contribution in [1.82, 2.24) is 9.80 Å². The molecule has 0 aromatic heterocycles. The Bertz CT molecular complexity index is 1240. The summed E-state index contributed by atoms with van der Waals surface area (Å²) in [6.45, 7) is -0.0568. The molecule has 9 heteroatoms. The SMILES string of the molecule is COc1c(CO)ccc2c1C(CN1C(=O)c3ccccc3C1=O)N(C(=O)C1CCCCC1C(=O)O)CC2. The summed E-state index contributed by atoms with van der Waals surface area (Å²) in [7, 11) is 1.48. The molecule has 194 valence electrons. The van der Waals surface area contributed by atoms with Crippen LogP contribution in [0.15, 0.2) is 36.4 Å². The van der Waals surface area contributed by atoms with Crippen LogP contribution in [-0.2, 0) is 22.6 Å². The van der Waals surface area contributed by atoms with Gasteiger partial charge in [0.05, 0.1) is 49.3 Å². The minimum absolute atomic E-state index is 0.0964. The average Bonchev–Trinajstić information content (AvgIpc) is 3.16. The number of carbonyl (C=O) groups is 4. The molecule has 5 rings (SSSR count). The van der Waals surface area contributed by atoms with E-state index in [0.717, 1.165) is 23.3 Å². The van der Waals surface area contributed by atoms with E-state index in [4.69, 9.17) is 4.74 Å². The normalized spacial score (nSPS) is 23.0. The van der Waals surface area contributed by atoms with Gasteiger partial charge in [-0.3, -0.25) is 24.1 Å². The molecular weight excluding hydrogens is 476 g/mol. The van der Waals surface area contributed by atoms with Crippen molar-refractivity contribution >= 4 is 23.7 Å². The maximum Gasteiger partial charge on any atom is 0.307 e. The highest BCUT2D eigenvalue weighted by Crippen LogP contribution is 2.42. The Morgan fingerprint density at radius 2 is 1.65 bits per heavy atom. The number of methoxy groups -OCH3 is 1. The molecule has 0 radical (unpaired) electrons. The van der Waals surface area contributed by atoms with Crippen LogP contribution >= 0.6 is 0 Å². The highest BCUT2D eigenvalue weighted by atomic mass is 16.5. The molecule has 9 nitrogen and oxygen atoms in total. The second kappa shape index (κ2) is 9.97. The Morgan fingerprint density at radius 1 is 1.00 bits per heavy atom. The first-order valence-electron chi connectivity index (χ1n) is 12.6. The lowest BCUT2D eigenvalue weighted by atomic mass is 9.77. The molecule has 0 bridgehead atoms. The lowest BCUT2D eigenvalue weighted by Gasteiger charge is -2.42. The third-order valence-electron chi connectivity index (χ3n) is 7.99. The summed E-state index contributed by atoms with van der Waals surface area (Å²) in [5.41, 5.74) is 2.71. The second-order valence-electron chi connectivity index (χ2n) is 9.89. The van der Waals surface area contributed by atoms with Gasteiger partial charge in [-0.15, -0.1) is 0 Å². The van der Waals surface area contributed by atoms with Gasteiger partial charge in [0.15, 0.2) is 0 Å². The molecule has 37 heavy (non-hydrogen) atoms. The van der Waals surface area contributed by atoms with Crippen LogP contribution in [0.25, 0.3) is 0 Å². The predicted molar refractivity (Wildman–Crippen MR) is 132 cm³/mol. The monoisotopic (exact) mass is 506 g/mol. The summed E-state index contributed by atoms with van der Waals surface area (Å²) in [6, 6.07) is 9.53. The number of fused-ring (bicyclic) bond motifs is 2. The number of amides is 3. The maximum absolute atomic E-state index is 14.0. The molecule has 0 saturated heterocycles. The highest BCUT2D eigenvalue weighted by molar-refractivity contribution is 6.21. The van der Waals surface area contributed by atoms with E-state index in [1.165, 1.54) is 7.11 Å². The summed E-state index contributed by atoms with van der Waals surface area (Å²) < 4.78 is 5.70. The zero-order valence-corrected chi connectivity index (χ0v) is 20.7. The molecule has 2 N–H and O–H groups in total. The fourth-order valence-corrected chi connectivity index (χ4v) is 6.15. The molecule has 2 aromatic rings. The summed E-state index contributed by atoms with van der Waals surface area (Å²) in [5, 5.41) is 19.8. The minimum atomic E-state index is -0.979. The number of benzene rings is 2. The van der Waals surface area contributed by atoms with Gasteiger partial charge in [-0.05, 0) is 37.0 Å². The van der Waals surface area contributed by atoms with Gasteiger partial charge in [-0.25, -0.2) is 0 Å². The van der Waals surface area contributed by atoms with Crippen molar-refractivity contribution in [2.75, 3.05) is 20.2 Å². The predicted octanol–water partition coefficient (Wildman–Crippen LogP) is 2.80. The second-order valence-corrected chi connectivity index (χ2v) is 9.89. The van der Waals surface area contributed by atoms with Gasteiger partial charge in [-0.1, -0.05) is 37.1 Å². The molecule has 2 aromatic carbocycles. The van der Waals surface area contributed by atoms with Gasteiger partial charge in [0.2, 0.25) is 5.91 Å². The van der Waals surface area contributed by atoms with Crippen molar-refractivity contribution < 1.29 is 34.1 Å². The van der Waals surface area contributed by atoms with E-state index in [1.807, 2.05) is 6.07 Å². The van der Waals surface area contributed by atoms with Gasteiger partial charge in [-0.2, -0.15) is 0 Å². The summed E-state index contributed by atoms with van der Waals surface area (Å²) in [6.07, 6.45) is 2.96. The number of aliphatic hydroxyl groups is 1. The lowest BCUT2D eigenvalue weighted by molar-refractivity contribution is -0.153. The van der Waals surface area contributed by atoms with E-state index in [-0.39, 0.29) is 19.1 Å². The zero-order valence-electron chi connectivity index (χ0n) is 20.7. The molecule has 0 spiro atoms. The van der Waals surface area contributed by atoms with Crippen LogP contribution in [0.4, 0.5) is 0 Å². The molecule has 1 aliphatic carbocycles. The molecule has 3 unspecified atom stereocenters. The van der Waals surface area contributed by atoms with Gasteiger partial charge in [0.1, 0.15) is 5.75 Å². The Kier molecular flexibility index (Phi) is 6.72. The fraction of sp³-hybridized carbons (Fsp3) is 0.429. The van der Waals surface area contributed by atoms with Gasteiger partial charge in [0.25, 0.3) is 11.8 Å². The smallest absolute Gasteiger partial charge is 0.307 e. The van der Waals surface area contributed by atoms with E-state index in [9.17, 15) is 29.4 Å². The van der Waals surface area contributed by atoms with E-state index in [1.54, 1.807) is 35.2 Å². The largest absolute Gasteiger partial charge is 0.496 e. The Morgan fingerprint density at radius 3 is 2.24 bits per heavy atom. The number of nitrogens with zero attached hydrogens (tertiary/aromatic N) is 2. The Labute approximate surface area is 214 Å². The zero-order chi connectivity index (χ0) is 26.3. The van der Waals surface area contributed by atoms with Gasteiger partial charge >= 0.3 is 5.97 Å². The first-order chi connectivity index (χ1) is 17.9. The van der Waals surface area contributed by atoms with Gasteiger partial charge < -0.3 is 19.8 Å². The number of aliphatic carboxylic acids is 1.